The van der Waals surface area contributed by atoms with Crippen LogP contribution in [0.4, 0.5) is 0 Å². The number of nitrogens with one attached hydrogen (secondary N) is 1. The molecule has 1 saturated carbocycles. The molecular formula is C12H16BrNO3S. The first-order chi connectivity index (χ1) is 8.36. The van der Waals surface area contributed by atoms with Crippen molar-refractivity contribution in [3.05, 3.63) is 22.7 Å². The lowest BCUT2D eigenvalue weighted by atomic mass is 10.2. The molecule has 2 rings (SSSR count). The van der Waals surface area contributed by atoms with E-state index < -0.39 is 10.0 Å². The molecule has 6 heteroatoms. The van der Waals surface area contributed by atoms with E-state index in [4.69, 9.17) is 4.74 Å². The molecule has 1 aromatic carbocycles. The number of hydrogen-bond acceptors (Lipinski definition) is 3. The molecule has 0 aliphatic heterocycles. The lowest BCUT2D eigenvalue weighted by molar-refractivity contribution is 0.411. The van der Waals surface area contributed by atoms with Crippen molar-refractivity contribution < 1.29 is 13.2 Å². The van der Waals surface area contributed by atoms with E-state index in [1.165, 1.54) is 0 Å². The van der Waals surface area contributed by atoms with Gasteiger partial charge in [0.25, 0.3) is 0 Å². The molecule has 0 radical (unpaired) electrons. The van der Waals surface area contributed by atoms with Gasteiger partial charge in [0.05, 0.1) is 16.5 Å². The van der Waals surface area contributed by atoms with Crippen molar-refractivity contribution in [3.63, 3.8) is 0 Å². The Kier molecular flexibility index (Phi) is 3.71. The largest absolute Gasteiger partial charge is 0.496 e. The van der Waals surface area contributed by atoms with Gasteiger partial charge in [-0.1, -0.05) is 6.92 Å². The van der Waals surface area contributed by atoms with Crippen molar-refractivity contribution in [1.29, 1.82) is 0 Å². The van der Waals surface area contributed by atoms with Gasteiger partial charge >= 0.3 is 0 Å². The summed E-state index contributed by atoms with van der Waals surface area (Å²) in [7, 11) is -1.89. The summed E-state index contributed by atoms with van der Waals surface area (Å²) >= 11 is 3.29. The van der Waals surface area contributed by atoms with Crippen molar-refractivity contribution >= 4 is 26.0 Å². The normalized spacial score (nSPS) is 17.5. The van der Waals surface area contributed by atoms with Crippen LogP contribution in [0.15, 0.2) is 27.6 Å². The van der Waals surface area contributed by atoms with Crippen LogP contribution in [0.1, 0.15) is 19.8 Å². The van der Waals surface area contributed by atoms with Crippen LogP contribution in [0, 0.1) is 5.41 Å². The van der Waals surface area contributed by atoms with Crippen molar-refractivity contribution in [2.45, 2.75) is 24.7 Å². The number of halogens is 1. The fraction of sp³-hybridized carbons (Fsp3) is 0.500. The maximum Gasteiger partial charge on any atom is 0.240 e. The van der Waals surface area contributed by atoms with E-state index in [9.17, 15) is 8.42 Å². The molecule has 0 heterocycles. The lowest BCUT2D eigenvalue weighted by Crippen LogP contribution is -2.29. The molecule has 0 aromatic heterocycles. The highest BCUT2D eigenvalue weighted by atomic mass is 79.9. The van der Waals surface area contributed by atoms with Crippen LogP contribution in [-0.2, 0) is 10.0 Å². The van der Waals surface area contributed by atoms with Gasteiger partial charge in [0.15, 0.2) is 0 Å². The maximum atomic E-state index is 12.1. The molecule has 0 saturated heterocycles. The van der Waals surface area contributed by atoms with E-state index >= 15 is 0 Å². The first-order valence-corrected chi connectivity index (χ1v) is 7.97. The first kappa shape index (κ1) is 13.8. The Morgan fingerprint density at radius 2 is 2.11 bits per heavy atom. The summed E-state index contributed by atoms with van der Waals surface area (Å²) in [6.07, 6.45) is 2.17. The van der Waals surface area contributed by atoms with Gasteiger partial charge in [0.2, 0.25) is 10.0 Å². The molecule has 0 atom stereocenters. The Balaban J connectivity index is 2.16. The SMILES string of the molecule is COc1ccc(S(=O)(=O)NCC2(C)CC2)cc1Br. The molecule has 1 aliphatic carbocycles. The minimum Gasteiger partial charge on any atom is -0.496 e. The molecule has 0 unspecified atom stereocenters. The van der Waals surface area contributed by atoms with Gasteiger partial charge in [-0.25, -0.2) is 13.1 Å². The topological polar surface area (TPSA) is 55.4 Å². The second-order valence-corrected chi connectivity index (χ2v) is 7.55. The molecule has 1 aromatic rings. The Labute approximate surface area is 116 Å². The summed E-state index contributed by atoms with van der Waals surface area (Å²) in [6.45, 7) is 2.58. The van der Waals surface area contributed by atoms with Crippen molar-refractivity contribution in [3.8, 4) is 5.75 Å². The molecule has 1 fully saturated rings. The predicted molar refractivity (Wildman–Crippen MR) is 73.2 cm³/mol. The smallest absolute Gasteiger partial charge is 0.240 e. The first-order valence-electron chi connectivity index (χ1n) is 5.70. The van der Waals surface area contributed by atoms with Gasteiger partial charge in [-0.3, -0.25) is 0 Å². The second-order valence-electron chi connectivity index (χ2n) is 4.93. The van der Waals surface area contributed by atoms with Crippen LogP contribution < -0.4 is 9.46 Å². The fourth-order valence-corrected chi connectivity index (χ4v) is 3.47. The van der Waals surface area contributed by atoms with Crippen LogP contribution in [0.5, 0.6) is 5.75 Å². The molecule has 0 bridgehead atoms. The van der Waals surface area contributed by atoms with Gasteiger partial charge in [-0.2, -0.15) is 0 Å². The Hall–Kier alpha value is -0.590. The molecule has 1 N–H and O–H groups in total. The molecule has 0 amide bonds. The number of rotatable bonds is 5. The molecule has 0 spiro atoms. The number of sulfonamides is 1. The maximum absolute atomic E-state index is 12.1. The van der Waals surface area contributed by atoms with E-state index in [-0.39, 0.29) is 10.3 Å². The fourth-order valence-electron chi connectivity index (χ4n) is 1.56. The summed E-state index contributed by atoms with van der Waals surface area (Å²) < 4.78 is 32.5. The minimum absolute atomic E-state index is 0.150. The van der Waals surface area contributed by atoms with Gasteiger partial charge in [-0.05, 0) is 52.4 Å². The summed E-state index contributed by atoms with van der Waals surface area (Å²) in [5.74, 6) is 0.614. The summed E-state index contributed by atoms with van der Waals surface area (Å²) in [5, 5.41) is 0. The summed E-state index contributed by atoms with van der Waals surface area (Å²) in [5.41, 5.74) is 0.150. The number of ether oxygens (including phenoxy) is 1. The quantitative estimate of drug-likeness (QED) is 0.900. The van der Waals surface area contributed by atoms with Crippen LogP contribution in [0.2, 0.25) is 0 Å². The van der Waals surface area contributed by atoms with E-state index in [2.05, 4.69) is 27.6 Å². The average Bonchev–Trinajstić information content (AvgIpc) is 3.06. The zero-order valence-electron chi connectivity index (χ0n) is 10.4. The van der Waals surface area contributed by atoms with E-state index in [0.717, 1.165) is 12.8 Å². The van der Waals surface area contributed by atoms with E-state index in [1.807, 2.05) is 0 Å². The molecule has 18 heavy (non-hydrogen) atoms. The van der Waals surface area contributed by atoms with Gasteiger partial charge in [-0.15, -0.1) is 0 Å². The van der Waals surface area contributed by atoms with Crippen LogP contribution >= 0.6 is 15.9 Å². The molecule has 1 aliphatic rings. The highest BCUT2D eigenvalue weighted by Crippen LogP contribution is 2.44. The highest BCUT2D eigenvalue weighted by molar-refractivity contribution is 9.10. The Morgan fingerprint density at radius 3 is 2.61 bits per heavy atom. The third kappa shape index (κ3) is 3.05. The van der Waals surface area contributed by atoms with Crippen LogP contribution in [0.3, 0.4) is 0 Å². The van der Waals surface area contributed by atoms with Gasteiger partial charge in [0, 0.05) is 6.54 Å². The third-order valence-corrected chi connectivity index (χ3v) is 5.24. The van der Waals surface area contributed by atoms with Gasteiger partial charge in [0.1, 0.15) is 5.75 Å². The Bertz CT molecular complexity index is 552. The zero-order chi connectivity index (χ0) is 13.4. The minimum atomic E-state index is -3.44. The van der Waals surface area contributed by atoms with Gasteiger partial charge < -0.3 is 4.74 Å². The summed E-state index contributed by atoms with van der Waals surface area (Å²) in [4.78, 5) is 0.249. The second kappa shape index (κ2) is 4.83. The molecule has 100 valence electrons. The van der Waals surface area contributed by atoms with E-state index in [0.29, 0.717) is 16.8 Å². The molecule has 4 nitrogen and oxygen atoms in total. The number of methoxy groups -OCH3 is 1. The van der Waals surface area contributed by atoms with Crippen molar-refractivity contribution in [2.24, 2.45) is 5.41 Å². The lowest BCUT2D eigenvalue weighted by Gasteiger charge is -2.12. The zero-order valence-corrected chi connectivity index (χ0v) is 12.8. The predicted octanol–water partition coefficient (Wildman–Crippen LogP) is 2.54. The van der Waals surface area contributed by atoms with Crippen molar-refractivity contribution in [1.82, 2.24) is 4.72 Å². The standard InChI is InChI=1S/C12H16BrNO3S/c1-12(5-6-12)8-14-18(15,16)9-3-4-11(17-2)10(13)7-9/h3-4,7,14H,5-6,8H2,1-2H3. The van der Waals surface area contributed by atoms with Crippen molar-refractivity contribution in [2.75, 3.05) is 13.7 Å². The monoisotopic (exact) mass is 333 g/mol. The molecular weight excluding hydrogens is 318 g/mol. The van der Waals surface area contributed by atoms with E-state index in [1.54, 1.807) is 25.3 Å². The summed E-state index contributed by atoms with van der Waals surface area (Å²) in [6, 6.07) is 4.73. The van der Waals surface area contributed by atoms with Crippen LogP contribution in [0.25, 0.3) is 0 Å². The average molecular weight is 334 g/mol. The number of hydrogen-bond donors (Lipinski definition) is 1. The Morgan fingerprint density at radius 1 is 1.44 bits per heavy atom. The third-order valence-electron chi connectivity index (χ3n) is 3.23. The highest BCUT2D eigenvalue weighted by Gasteiger charge is 2.38. The number of benzene rings is 1. The van der Waals surface area contributed by atoms with Crippen LogP contribution in [-0.4, -0.2) is 22.1 Å².